The third-order valence-corrected chi connectivity index (χ3v) is 10.5. The first-order valence-corrected chi connectivity index (χ1v) is 17.2. The standard InChI is InChI=1S/C37H36FN7O6/c1-18(39-34(48)30-19(2)40-32-23(30)6-7-24(32)31-26-15-20(38)3-8-27(26)41-35(31)49)17-43-11-13-44(14-12-43)21-4-5-22-25(16-21)37(51)45(36(22)50)28-9-10-29(46)42-33(28)47/h3-5,8,15-16,18,28,40H,6-7,9-14,17H2,1-2H3,(H,39,48)(H,41,49)(H,42,46,47)/b31-24-/t18-,28?/m1/s1. The van der Waals surface area contributed by atoms with Gasteiger partial charge in [0.05, 0.1) is 22.3 Å². The first-order chi connectivity index (χ1) is 24.5. The molecule has 5 heterocycles. The predicted molar refractivity (Wildman–Crippen MR) is 184 cm³/mol. The highest BCUT2D eigenvalue weighted by Gasteiger charge is 2.45. The average Bonchev–Trinajstić information content (AvgIpc) is 3.80. The lowest BCUT2D eigenvalue weighted by Gasteiger charge is -2.37. The molecule has 1 aliphatic carbocycles. The molecule has 1 unspecified atom stereocenters. The monoisotopic (exact) mass is 693 g/mol. The number of fused-ring (bicyclic) bond motifs is 3. The quantitative estimate of drug-likeness (QED) is 0.226. The van der Waals surface area contributed by atoms with Crippen LogP contribution in [0.4, 0.5) is 15.8 Å². The van der Waals surface area contributed by atoms with Gasteiger partial charge in [-0.05, 0) is 80.6 Å². The van der Waals surface area contributed by atoms with E-state index in [1.165, 1.54) is 12.1 Å². The highest BCUT2D eigenvalue weighted by Crippen LogP contribution is 2.44. The molecule has 0 saturated carbocycles. The highest BCUT2D eigenvalue weighted by molar-refractivity contribution is 6.37. The van der Waals surface area contributed by atoms with Gasteiger partial charge in [0, 0.05) is 73.5 Å². The summed E-state index contributed by atoms with van der Waals surface area (Å²) in [6.07, 6.45) is 1.32. The van der Waals surface area contributed by atoms with Gasteiger partial charge in [-0.25, -0.2) is 4.39 Å². The minimum absolute atomic E-state index is 0.0652. The molecule has 2 fully saturated rings. The van der Waals surface area contributed by atoms with Gasteiger partial charge in [0.25, 0.3) is 23.6 Å². The Kier molecular flexibility index (Phi) is 7.85. The lowest BCUT2D eigenvalue weighted by Crippen LogP contribution is -2.54. The number of nitrogens with zero attached hydrogens (tertiary/aromatic N) is 3. The van der Waals surface area contributed by atoms with Crippen LogP contribution in [0.1, 0.15) is 79.8 Å². The Bertz CT molecular complexity index is 2110. The molecule has 14 heteroatoms. The maximum Gasteiger partial charge on any atom is 0.262 e. The SMILES string of the molecule is Cc1[nH]c2c(c1C(=O)N[C@H](C)CN1CCN(c3ccc4c(c3)C(=O)N(C3CCC(=O)NC3=O)C4=O)CC1)CC/C2=C1/C(=O)Nc2ccc(F)cc21. The molecule has 2 saturated heterocycles. The third-order valence-electron chi connectivity index (χ3n) is 10.5. The molecule has 8 rings (SSSR count). The molecular formula is C37H36FN7O6. The lowest BCUT2D eigenvalue weighted by molar-refractivity contribution is -0.136. The number of carbonyl (C=O) groups is 6. The second kappa shape index (κ2) is 12.3. The number of piperidine rings is 1. The van der Waals surface area contributed by atoms with Crippen molar-refractivity contribution < 1.29 is 33.2 Å². The van der Waals surface area contributed by atoms with Crippen molar-refractivity contribution >= 4 is 58.0 Å². The van der Waals surface area contributed by atoms with Crippen molar-refractivity contribution in [2.45, 2.75) is 51.6 Å². The average molecular weight is 694 g/mol. The normalized spacial score (nSPS) is 22.2. The molecule has 13 nitrogen and oxygen atoms in total. The Morgan fingerprint density at radius 1 is 0.922 bits per heavy atom. The fraction of sp³-hybridized carbons (Fsp3) is 0.351. The van der Waals surface area contributed by atoms with Crippen LogP contribution in [-0.2, 0) is 20.8 Å². The van der Waals surface area contributed by atoms with Crippen molar-refractivity contribution in [2.75, 3.05) is 42.9 Å². The molecule has 4 aliphatic heterocycles. The van der Waals surface area contributed by atoms with Crippen molar-refractivity contribution in [3.05, 3.63) is 81.4 Å². The van der Waals surface area contributed by atoms with Crippen LogP contribution in [0.5, 0.6) is 0 Å². The summed E-state index contributed by atoms with van der Waals surface area (Å²) in [5.74, 6) is -3.00. The van der Waals surface area contributed by atoms with Crippen molar-refractivity contribution in [1.29, 1.82) is 0 Å². The van der Waals surface area contributed by atoms with Gasteiger partial charge in [0.15, 0.2) is 0 Å². The number of aromatic amines is 1. The third kappa shape index (κ3) is 5.50. The molecule has 51 heavy (non-hydrogen) atoms. The number of hydrogen-bond donors (Lipinski definition) is 4. The number of aryl methyl sites for hydroxylation is 1. The van der Waals surface area contributed by atoms with Gasteiger partial charge in [0.2, 0.25) is 11.8 Å². The van der Waals surface area contributed by atoms with Gasteiger partial charge in [-0.1, -0.05) is 0 Å². The second-order valence-corrected chi connectivity index (χ2v) is 13.8. The van der Waals surface area contributed by atoms with Gasteiger partial charge >= 0.3 is 0 Å². The fourth-order valence-electron chi connectivity index (χ4n) is 8.13. The van der Waals surface area contributed by atoms with Crippen molar-refractivity contribution in [2.24, 2.45) is 0 Å². The number of anilines is 2. The maximum atomic E-state index is 14.1. The number of piperazine rings is 1. The summed E-state index contributed by atoms with van der Waals surface area (Å²) in [6.45, 7) is 7.20. The number of benzene rings is 2. The predicted octanol–water partition coefficient (Wildman–Crippen LogP) is 2.61. The van der Waals surface area contributed by atoms with E-state index in [2.05, 4.69) is 30.7 Å². The molecule has 0 spiro atoms. The first-order valence-electron chi connectivity index (χ1n) is 17.2. The summed E-state index contributed by atoms with van der Waals surface area (Å²) >= 11 is 0. The van der Waals surface area contributed by atoms with Crippen LogP contribution in [0.2, 0.25) is 0 Å². The molecule has 5 aliphatic rings. The topological polar surface area (TPSA) is 164 Å². The van der Waals surface area contributed by atoms with E-state index in [1.54, 1.807) is 18.2 Å². The summed E-state index contributed by atoms with van der Waals surface area (Å²) < 4.78 is 14.1. The molecule has 2 atom stereocenters. The number of halogens is 1. The van der Waals surface area contributed by atoms with E-state index in [1.807, 2.05) is 19.9 Å². The number of carbonyl (C=O) groups excluding carboxylic acids is 6. The number of rotatable bonds is 6. The summed E-state index contributed by atoms with van der Waals surface area (Å²) in [5.41, 5.74) is 6.54. The van der Waals surface area contributed by atoms with Crippen molar-refractivity contribution in [3.63, 3.8) is 0 Å². The van der Waals surface area contributed by atoms with E-state index in [0.717, 1.165) is 27.4 Å². The zero-order valence-corrected chi connectivity index (χ0v) is 28.2. The molecule has 2 aromatic carbocycles. The Hall–Kier alpha value is -5.63. The lowest BCUT2D eigenvalue weighted by atomic mass is 9.99. The molecule has 1 aromatic heterocycles. The summed E-state index contributed by atoms with van der Waals surface area (Å²) in [4.78, 5) is 85.6. The maximum absolute atomic E-state index is 14.1. The van der Waals surface area contributed by atoms with Crippen molar-refractivity contribution in [3.8, 4) is 0 Å². The number of amides is 6. The zero-order valence-electron chi connectivity index (χ0n) is 28.2. The number of imide groups is 2. The van der Waals surface area contributed by atoms with Gasteiger partial charge in [-0.2, -0.15) is 0 Å². The van der Waals surface area contributed by atoms with Crippen LogP contribution in [0.25, 0.3) is 11.1 Å². The molecule has 6 amide bonds. The van der Waals surface area contributed by atoms with Crippen LogP contribution in [0.3, 0.4) is 0 Å². The summed E-state index contributed by atoms with van der Waals surface area (Å²) in [5, 5.41) is 8.19. The first kappa shape index (κ1) is 32.6. The number of hydrogen-bond acceptors (Lipinski definition) is 8. The van der Waals surface area contributed by atoms with Crippen LogP contribution in [0.15, 0.2) is 36.4 Å². The Morgan fingerprint density at radius 3 is 2.45 bits per heavy atom. The summed E-state index contributed by atoms with van der Waals surface area (Å²) in [7, 11) is 0. The number of aromatic nitrogens is 1. The van der Waals surface area contributed by atoms with Crippen LogP contribution < -0.4 is 20.9 Å². The van der Waals surface area contributed by atoms with Crippen LogP contribution in [0, 0.1) is 12.7 Å². The van der Waals surface area contributed by atoms with Gasteiger partial charge < -0.3 is 20.5 Å². The van der Waals surface area contributed by atoms with E-state index in [9.17, 15) is 33.2 Å². The molecule has 3 aromatic rings. The van der Waals surface area contributed by atoms with E-state index >= 15 is 0 Å². The van der Waals surface area contributed by atoms with Gasteiger partial charge in [-0.3, -0.25) is 43.9 Å². The minimum atomic E-state index is -1.01. The van der Waals surface area contributed by atoms with Crippen LogP contribution >= 0.6 is 0 Å². The number of allylic oxidation sites excluding steroid dienone is 1. The molecular weight excluding hydrogens is 657 g/mol. The number of nitrogens with one attached hydrogen (secondary N) is 4. The van der Waals surface area contributed by atoms with Crippen molar-refractivity contribution in [1.82, 2.24) is 25.4 Å². The van der Waals surface area contributed by atoms with Crippen LogP contribution in [-0.4, -0.2) is 95.0 Å². The molecule has 0 radical (unpaired) electrons. The van der Waals surface area contributed by atoms with E-state index in [-0.39, 0.29) is 41.8 Å². The second-order valence-electron chi connectivity index (χ2n) is 13.8. The Balaban J connectivity index is 0.893. The summed E-state index contributed by atoms with van der Waals surface area (Å²) in [6, 6.07) is 8.22. The smallest absolute Gasteiger partial charge is 0.262 e. The zero-order chi connectivity index (χ0) is 35.7. The molecule has 4 N–H and O–H groups in total. The molecule has 262 valence electrons. The van der Waals surface area contributed by atoms with Gasteiger partial charge in [-0.15, -0.1) is 0 Å². The minimum Gasteiger partial charge on any atom is -0.369 e. The van der Waals surface area contributed by atoms with E-state index in [4.69, 9.17) is 0 Å². The largest absolute Gasteiger partial charge is 0.369 e. The number of H-pyrrole nitrogens is 1. The highest BCUT2D eigenvalue weighted by atomic mass is 19.1. The van der Waals surface area contributed by atoms with E-state index < -0.39 is 35.5 Å². The molecule has 0 bridgehead atoms. The Labute approximate surface area is 292 Å². The van der Waals surface area contributed by atoms with E-state index in [0.29, 0.717) is 73.6 Å². The van der Waals surface area contributed by atoms with Gasteiger partial charge in [0.1, 0.15) is 11.9 Å². The Morgan fingerprint density at radius 2 is 1.69 bits per heavy atom. The fourth-order valence-corrected chi connectivity index (χ4v) is 8.13.